The Kier molecular flexibility index (Phi) is 51.0. The predicted octanol–water partition coefficient (Wildman–Crippen LogP) is 19.9. The van der Waals surface area contributed by atoms with Crippen LogP contribution in [0.4, 0.5) is 0 Å². The summed E-state index contributed by atoms with van der Waals surface area (Å²) in [5.41, 5.74) is 0. The van der Waals surface area contributed by atoms with Crippen LogP contribution in [0.2, 0.25) is 0 Å². The molecule has 0 aliphatic carbocycles. The second-order valence-electron chi connectivity index (χ2n) is 22.2. The van der Waals surface area contributed by atoms with Crippen LogP contribution < -0.4 is 0 Å². The van der Waals surface area contributed by atoms with Crippen molar-refractivity contribution in [2.75, 3.05) is 13.2 Å². The highest BCUT2D eigenvalue weighted by Crippen LogP contribution is 2.19. The van der Waals surface area contributed by atoms with Crippen molar-refractivity contribution in [3.63, 3.8) is 0 Å². The SMILES string of the molecule is CCC(C)CCCCCCCCCCCCCCCCC(=O)OC[C@H](COC(=O)CCCCCCCCCCCCCCCCCCC(C)C)OC(=O)CCCCCCCCCCCC(C)C. The van der Waals surface area contributed by atoms with Crippen molar-refractivity contribution < 1.29 is 28.6 Å². The smallest absolute Gasteiger partial charge is 0.306 e. The number of rotatable bonds is 54. The van der Waals surface area contributed by atoms with E-state index in [0.717, 1.165) is 75.5 Å². The lowest BCUT2D eigenvalue weighted by Gasteiger charge is -2.18. The lowest BCUT2D eigenvalue weighted by molar-refractivity contribution is -0.167. The van der Waals surface area contributed by atoms with Gasteiger partial charge in [0.05, 0.1) is 0 Å². The van der Waals surface area contributed by atoms with E-state index < -0.39 is 6.10 Å². The fraction of sp³-hybridized carbons (Fsp3) is 0.951. The van der Waals surface area contributed by atoms with E-state index in [4.69, 9.17) is 14.2 Å². The molecule has 2 atom stereocenters. The normalized spacial score (nSPS) is 12.5. The molecular formula is C61H118O6. The molecule has 6 nitrogen and oxygen atoms in total. The van der Waals surface area contributed by atoms with Crippen molar-refractivity contribution >= 4 is 17.9 Å². The standard InChI is InChI=1S/C61H118O6/c1-7-57(6)49-43-37-31-25-19-15-12-13-17-21-27-33-39-45-51-60(63)66-54-58(67-61(64)52-46-40-34-28-22-24-30-36-42-48-56(4)5)53-65-59(62)50-44-38-32-26-20-16-11-9-8-10-14-18-23-29-35-41-47-55(2)3/h55-58H,7-54H2,1-6H3/t57?,58-/m0/s1. The van der Waals surface area contributed by atoms with Gasteiger partial charge in [0, 0.05) is 19.3 Å². The van der Waals surface area contributed by atoms with Crippen molar-refractivity contribution in [3.8, 4) is 0 Å². The molecular weight excluding hydrogens is 829 g/mol. The Morgan fingerprint density at radius 1 is 0.299 bits per heavy atom. The highest BCUT2D eigenvalue weighted by atomic mass is 16.6. The number of hydrogen-bond acceptors (Lipinski definition) is 6. The minimum absolute atomic E-state index is 0.0635. The Balaban J connectivity index is 4.25. The molecule has 0 saturated carbocycles. The third kappa shape index (κ3) is 53.6. The first kappa shape index (κ1) is 65.4. The van der Waals surface area contributed by atoms with Crippen LogP contribution >= 0.6 is 0 Å². The van der Waals surface area contributed by atoms with E-state index in [0.29, 0.717) is 19.3 Å². The molecule has 0 heterocycles. The second kappa shape index (κ2) is 52.2. The first-order valence-corrected chi connectivity index (χ1v) is 30.1. The van der Waals surface area contributed by atoms with Crippen molar-refractivity contribution in [2.24, 2.45) is 17.8 Å². The van der Waals surface area contributed by atoms with Gasteiger partial charge in [-0.2, -0.15) is 0 Å². The van der Waals surface area contributed by atoms with Gasteiger partial charge in [0.1, 0.15) is 13.2 Å². The van der Waals surface area contributed by atoms with Gasteiger partial charge in [0.15, 0.2) is 6.10 Å². The van der Waals surface area contributed by atoms with E-state index in [1.165, 1.54) is 218 Å². The van der Waals surface area contributed by atoms with Crippen LogP contribution in [0.5, 0.6) is 0 Å². The van der Waals surface area contributed by atoms with Gasteiger partial charge in [-0.05, 0) is 37.0 Å². The minimum Gasteiger partial charge on any atom is -0.462 e. The van der Waals surface area contributed by atoms with E-state index in [1.807, 2.05) is 0 Å². The average Bonchev–Trinajstić information content (AvgIpc) is 3.30. The molecule has 0 N–H and O–H groups in total. The molecule has 398 valence electrons. The summed E-state index contributed by atoms with van der Waals surface area (Å²) >= 11 is 0. The molecule has 0 spiro atoms. The molecule has 6 heteroatoms. The number of unbranched alkanes of at least 4 members (excludes halogenated alkanes) is 36. The summed E-state index contributed by atoms with van der Waals surface area (Å²) in [6.07, 6.45) is 55.2. The minimum atomic E-state index is -0.764. The lowest BCUT2D eigenvalue weighted by Crippen LogP contribution is -2.30. The zero-order valence-electron chi connectivity index (χ0n) is 46.2. The van der Waals surface area contributed by atoms with Gasteiger partial charge >= 0.3 is 17.9 Å². The zero-order valence-corrected chi connectivity index (χ0v) is 46.2. The number of esters is 3. The highest BCUT2D eigenvalue weighted by molar-refractivity contribution is 5.71. The highest BCUT2D eigenvalue weighted by Gasteiger charge is 2.19. The summed E-state index contributed by atoms with van der Waals surface area (Å²) in [4.78, 5) is 38.2. The van der Waals surface area contributed by atoms with Crippen LogP contribution in [-0.2, 0) is 28.6 Å². The maximum atomic E-state index is 12.8. The summed E-state index contributed by atoms with van der Waals surface area (Å²) < 4.78 is 16.9. The van der Waals surface area contributed by atoms with Gasteiger partial charge in [-0.1, -0.05) is 298 Å². The van der Waals surface area contributed by atoms with Crippen molar-refractivity contribution in [2.45, 2.75) is 343 Å². The quantitative estimate of drug-likeness (QED) is 0.0343. The molecule has 0 aromatic rings. The molecule has 0 bridgehead atoms. The molecule has 1 unspecified atom stereocenters. The van der Waals surface area contributed by atoms with Crippen LogP contribution in [-0.4, -0.2) is 37.2 Å². The molecule has 0 aromatic heterocycles. The third-order valence-electron chi connectivity index (χ3n) is 14.3. The van der Waals surface area contributed by atoms with Crippen LogP contribution in [0.1, 0.15) is 337 Å². The van der Waals surface area contributed by atoms with E-state index in [9.17, 15) is 14.4 Å². The van der Waals surface area contributed by atoms with Gasteiger partial charge in [-0.15, -0.1) is 0 Å². The Bertz CT molecular complexity index is 1040. The molecule has 0 aromatic carbocycles. The molecule has 0 radical (unpaired) electrons. The third-order valence-corrected chi connectivity index (χ3v) is 14.3. The number of carbonyl (C=O) groups is 3. The molecule has 67 heavy (non-hydrogen) atoms. The average molecular weight is 948 g/mol. The Hall–Kier alpha value is -1.59. The van der Waals surface area contributed by atoms with Crippen LogP contribution in [0.15, 0.2) is 0 Å². The molecule has 0 aliphatic heterocycles. The fourth-order valence-electron chi connectivity index (χ4n) is 9.32. The number of hydrogen-bond donors (Lipinski definition) is 0. The van der Waals surface area contributed by atoms with Crippen molar-refractivity contribution in [1.29, 1.82) is 0 Å². The van der Waals surface area contributed by atoms with Crippen LogP contribution in [0.3, 0.4) is 0 Å². The van der Waals surface area contributed by atoms with Crippen LogP contribution in [0.25, 0.3) is 0 Å². The Morgan fingerprint density at radius 3 is 0.776 bits per heavy atom. The molecule has 0 fully saturated rings. The van der Waals surface area contributed by atoms with E-state index >= 15 is 0 Å². The van der Waals surface area contributed by atoms with E-state index in [-0.39, 0.29) is 31.1 Å². The van der Waals surface area contributed by atoms with E-state index in [2.05, 4.69) is 41.5 Å². The van der Waals surface area contributed by atoms with Crippen LogP contribution in [0, 0.1) is 17.8 Å². The summed E-state index contributed by atoms with van der Waals surface area (Å²) in [5.74, 6) is 1.71. The van der Waals surface area contributed by atoms with Gasteiger partial charge in [-0.3, -0.25) is 14.4 Å². The zero-order chi connectivity index (χ0) is 49.1. The molecule has 0 amide bonds. The Morgan fingerprint density at radius 2 is 0.522 bits per heavy atom. The summed E-state index contributed by atoms with van der Waals surface area (Å²) in [7, 11) is 0. The lowest BCUT2D eigenvalue weighted by atomic mass is 9.99. The second-order valence-corrected chi connectivity index (χ2v) is 22.2. The first-order chi connectivity index (χ1) is 32.6. The van der Waals surface area contributed by atoms with Gasteiger partial charge in [0.2, 0.25) is 0 Å². The first-order valence-electron chi connectivity index (χ1n) is 30.1. The van der Waals surface area contributed by atoms with Crippen molar-refractivity contribution in [3.05, 3.63) is 0 Å². The maximum absolute atomic E-state index is 12.8. The monoisotopic (exact) mass is 947 g/mol. The topological polar surface area (TPSA) is 78.9 Å². The van der Waals surface area contributed by atoms with E-state index in [1.54, 1.807) is 0 Å². The number of carbonyl (C=O) groups excluding carboxylic acids is 3. The Labute approximate surface area is 418 Å². The predicted molar refractivity (Wildman–Crippen MR) is 289 cm³/mol. The summed E-state index contributed by atoms with van der Waals surface area (Å²) in [6, 6.07) is 0. The summed E-state index contributed by atoms with van der Waals surface area (Å²) in [6.45, 7) is 13.8. The van der Waals surface area contributed by atoms with Gasteiger partial charge in [-0.25, -0.2) is 0 Å². The largest absolute Gasteiger partial charge is 0.462 e. The number of ether oxygens (including phenoxy) is 3. The summed E-state index contributed by atoms with van der Waals surface area (Å²) in [5, 5.41) is 0. The van der Waals surface area contributed by atoms with Crippen molar-refractivity contribution in [1.82, 2.24) is 0 Å². The van der Waals surface area contributed by atoms with Gasteiger partial charge in [0.25, 0.3) is 0 Å². The fourth-order valence-corrected chi connectivity index (χ4v) is 9.32. The molecule has 0 aliphatic rings. The molecule has 0 rings (SSSR count). The molecule has 0 saturated heterocycles. The van der Waals surface area contributed by atoms with Gasteiger partial charge < -0.3 is 14.2 Å². The maximum Gasteiger partial charge on any atom is 0.306 e.